The molecule has 2 amide bonds. The molecule has 124 valence electrons. The second kappa shape index (κ2) is 5.15. The van der Waals surface area contributed by atoms with Gasteiger partial charge in [0.05, 0.1) is 5.69 Å². The van der Waals surface area contributed by atoms with Gasteiger partial charge in [-0.05, 0) is 12.1 Å². The van der Waals surface area contributed by atoms with Crippen molar-refractivity contribution in [2.75, 3.05) is 4.90 Å². The van der Waals surface area contributed by atoms with Crippen LogP contribution < -0.4 is 15.5 Å². The Labute approximate surface area is 140 Å². The molecule has 8 heteroatoms. The molecule has 0 bridgehead atoms. The van der Waals surface area contributed by atoms with Crippen LogP contribution in [0.2, 0.25) is 0 Å². The monoisotopic (exact) mass is 351 g/mol. The maximum atomic E-state index is 13.9. The Balaban J connectivity index is 1.80. The summed E-state index contributed by atoms with van der Waals surface area (Å²) < 4.78 is 41.8. The van der Waals surface area contributed by atoms with E-state index in [2.05, 4.69) is 10.6 Å². The summed E-state index contributed by atoms with van der Waals surface area (Å²) >= 11 is 1.19. The van der Waals surface area contributed by atoms with Crippen molar-refractivity contribution >= 4 is 23.5 Å². The van der Waals surface area contributed by atoms with E-state index in [1.165, 1.54) is 40.9 Å². The van der Waals surface area contributed by atoms with Crippen molar-refractivity contribution in [1.29, 1.82) is 0 Å². The van der Waals surface area contributed by atoms with E-state index in [9.17, 15) is 18.0 Å². The average molecular weight is 351 g/mol. The van der Waals surface area contributed by atoms with Gasteiger partial charge in [-0.3, -0.25) is 10.2 Å². The highest BCUT2D eigenvalue weighted by molar-refractivity contribution is 8.00. The molecule has 0 aromatic heterocycles. The number of rotatable bonds is 1. The van der Waals surface area contributed by atoms with Gasteiger partial charge in [0.15, 0.2) is 0 Å². The summed E-state index contributed by atoms with van der Waals surface area (Å²) in [5.41, 5.74) is -2.91. The van der Waals surface area contributed by atoms with Crippen LogP contribution in [0, 0.1) is 0 Å². The normalized spacial score (nSPS) is 25.9. The molecule has 2 heterocycles. The number of amides is 2. The van der Waals surface area contributed by atoms with Gasteiger partial charge in [-0.25, -0.2) is 4.79 Å². The van der Waals surface area contributed by atoms with E-state index in [0.717, 1.165) is 4.90 Å². The van der Waals surface area contributed by atoms with Gasteiger partial charge < -0.3 is 5.32 Å². The van der Waals surface area contributed by atoms with E-state index in [1.807, 2.05) is 0 Å². The van der Waals surface area contributed by atoms with Crippen molar-refractivity contribution in [1.82, 2.24) is 10.6 Å². The van der Waals surface area contributed by atoms with Crippen LogP contribution in [0.25, 0.3) is 0 Å². The minimum atomic E-state index is -4.70. The summed E-state index contributed by atoms with van der Waals surface area (Å²) in [6.45, 7) is 0. The van der Waals surface area contributed by atoms with Crippen LogP contribution in [-0.2, 0) is 5.66 Å². The third-order valence-electron chi connectivity index (χ3n) is 4.08. The van der Waals surface area contributed by atoms with Gasteiger partial charge in [0, 0.05) is 10.5 Å². The van der Waals surface area contributed by atoms with Gasteiger partial charge in [0.25, 0.3) is 0 Å². The van der Waals surface area contributed by atoms with E-state index in [1.54, 1.807) is 30.3 Å². The van der Waals surface area contributed by atoms with Crippen LogP contribution in [0.3, 0.4) is 0 Å². The molecule has 4 nitrogen and oxygen atoms in total. The fourth-order valence-corrected chi connectivity index (χ4v) is 4.20. The lowest BCUT2D eigenvalue weighted by molar-refractivity contribution is -0.210. The second-order valence-electron chi connectivity index (χ2n) is 5.50. The molecule has 2 aliphatic rings. The summed E-state index contributed by atoms with van der Waals surface area (Å²) in [5, 5.41) is 4.73. The fraction of sp³-hybridized carbons (Fsp3) is 0.188. The molecular formula is C16H12F3N3OS. The first-order chi connectivity index (χ1) is 11.4. The van der Waals surface area contributed by atoms with E-state index in [-0.39, 0.29) is 5.56 Å². The molecule has 2 aromatic rings. The number of anilines is 1. The largest absolute Gasteiger partial charge is 0.429 e. The predicted molar refractivity (Wildman–Crippen MR) is 84.4 cm³/mol. The van der Waals surface area contributed by atoms with Crippen LogP contribution in [-0.4, -0.2) is 17.7 Å². The number of hydrogen-bond acceptors (Lipinski definition) is 3. The Morgan fingerprint density at radius 3 is 2.42 bits per heavy atom. The zero-order valence-corrected chi connectivity index (χ0v) is 13.0. The SMILES string of the molecule is O=C1N[C@@](c2ccccc2)(C(F)(F)F)N[C@H]2Sc3ccccc3N12. The molecule has 0 radical (unpaired) electrons. The first kappa shape index (κ1) is 15.3. The zero-order chi connectivity index (χ0) is 16.9. The van der Waals surface area contributed by atoms with Crippen molar-refractivity contribution in [3.8, 4) is 0 Å². The number of hydrogen-bond donors (Lipinski definition) is 2. The number of nitrogens with one attached hydrogen (secondary N) is 2. The molecule has 0 unspecified atom stereocenters. The molecule has 0 aliphatic carbocycles. The molecule has 2 atom stereocenters. The van der Waals surface area contributed by atoms with Gasteiger partial charge in [-0.15, -0.1) is 0 Å². The number of urea groups is 1. The second-order valence-corrected chi connectivity index (χ2v) is 6.62. The van der Waals surface area contributed by atoms with Crippen molar-refractivity contribution in [2.45, 2.75) is 22.2 Å². The zero-order valence-electron chi connectivity index (χ0n) is 12.2. The number of para-hydroxylation sites is 1. The number of halogens is 3. The quantitative estimate of drug-likeness (QED) is 0.825. The van der Waals surface area contributed by atoms with Crippen molar-refractivity contribution < 1.29 is 18.0 Å². The van der Waals surface area contributed by atoms with Crippen LogP contribution in [0.4, 0.5) is 23.7 Å². The Morgan fingerprint density at radius 1 is 1.04 bits per heavy atom. The minimum Gasteiger partial charge on any atom is -0.308 e. The van der Waals surface area contributed by atoms with Gasteiger partial charge in [-0.2, -0.15) is 13.2 Å². The number of nitrogens with zero attached hydrogens (tertiary/aromatic N) is 1. The van der Waals surface area contributed by atoms with E-state index in [4.69, 9.17) is 0 Å². The molecule has 4 rings (SSSR count). The fourth-order valence-electron chi connectivity index (χ4n) is 2.97. The Hall–Kier alpha value is -2.19. The lowest BCUT2D eigenvalue weighted by Crippen LogP contribution is -2.75. The van der Waals surface area contributed by atoms with Crippen LogP contribution in [0.15, 0.2) is 59.5 Å². The molecule has 0 saturated carbocycles. The number of fused-ring (bicyclic) bond motifs is 3. The topological polar surface area (TPSA) is 44.4 Å². The molecule has 1 fully saturated rings. The average Bonchev–Trinajstić information content (AvgIpc) is 2.93. The maximum Gasteiger partial charge on any atom is 0.429 e. The summed E-state index contributed by atoms with van der Waals surface area (Å²) in [4.78, 5) is 14.6. The van der Waals surface area contributed by atoms with Crippen molar-refractivity contribution in [2.24, 2.45) is 0 Å². The van der Waals surface area contributed by atoms with Crippen LogP contribution >= 0.6 is 11.8 Å². The number of thioether (sulfide) groups is 1. The molecule has 1 saturated heterocycles. The summed E-state index contributed by atoms with van der Waals surface area (Å²) in [6, 6.07) is 13.6. The molecular weight excluding hydrogens is 339 g/mol. The maximum absolute atomic E-state index is 13.9. The smallest absolute Gasteiger partial charge is 0.308 e. The highest BCUT2D eigenvalue weighted by Crippen LogP contribution is 2.48. The Bertz CT molecular complexity index is 799. The predicted octanol–water partition coefficient (Wildman–Crippen LogP) is 3.61. The van der Waals surface area contributed by atoms with Crippen LogP contribution in [0.5, 0.6) is 0 Å². The lowest BCUT2D eigenvalue weighted by Gasteiger charge is -2.46. The van der Waals surface area contributed by atoms with Gasteiger partial charge in [-0.1, -0.05) is 54.2 Å². The Kier molecular flexibility index (Phi) is 3.29. The minimum absolute atomic E-state index is 0.0537. The van der Waals surface area contributed by atoms with E-state index >= 15 is 0 Å². The molecule has 2 N–H and O–H groups in total. The van der Waals surface area contributed by atoms with Crippen molar-refractivity contribution in [3.05, 3.63) is 60.2 Å². The number of carbonyl (C=O) groups excluding carboxylic acids is 1. The molecule has 2 aliphatic heterocycles. The lowest BCUT2D eigenvalue weighted by atomic mass is 9.97. The molecule has 0 spiro atoms. The summed E-state index contributed by atoms with van der Waals surface area (Å²) in [7, 11) is 0. The number of benzene rings is 2. The highest BCUT2D eigenvalue weighted by Gasteiger charge is 2.62. The van der Waals surface area contributed by atoms with Gasteiger partial charge >= 0.3 is 12.2 Å². The number of alkyl halides is 3. The summed E-state index contributed by atoms with van der Waals surface area (Å²) in [5.74, 6) is 0. The third-order valence-corrected chi connectivity index (χ3v) is 5.23. The van der Waals surface area contributed by atoms with E-state index < -0.39 is 23.4 Å². The first-order valence-electron chi connectivity index (χ1n) is 7.19. The van der Waals surface area contributed by atoms with Gasteiger partial charge in [0.1, 0.15) is 5.50 Å². The van der Waals surface area contributed by atoms with Crippen molar-refractivity contribution in [3.63, 3.8) is 0 Å². The standard InChI is InChI=1S/C16H12F3N3OS/c17-16(18,19)15(10-6-2-1-3-7-10)20-13(23)22-11-8-4-5-9-12(11)24-14(22)21-15/h1-9,14,21H,(H,20,23)/t14-,15-/m1/s1. The Morgan fingerprint density at radius 2 is 1.71 bits per heavy atom. The number of carbonyl (C=O) groups is 1. The van der Waals surface area contributed by atoms with E-state index in [0.29, 0.717) is 5.69 Å². The third kappa shape index (κ3) is 2.10. The first-order valence-corrected chi connectivity index (χ1v) is 8.07. The summed E-state index contributed by atoms with van der Waals surface area (Å²) in [6.07, 6.45) is -4.70. The molecule has 2 aromatic carbocycles. The highest BCUT2D eigenvalue weighted by atomic mass is 32.2. The van der Waals surface area contributed by atoms with Crippen LogP contribution in [0.1, 0.15) is 5.56 Å². The van der Waals surface area contributed by atoms with Gasteiger partial charge in [0.2, 0.25) is 5.66 Å². The molecule has 24 heavy (non-hydrogen) atoms.